The number of hydrogen-bond acceptors (Lipinski definition) is 2. The van der Waals surface area contributed by atoms with Gasteiger partial charge in [-0.1, -0.05) is 39.7 Å². The minimum Gasteiger partial charge on any atom is -0.300 e. The first-order chi connectivity index (χ1) is 9.99. The van der Waals surface area contributed by atoms with E-state index in [1.54, 1.807) is 24.3 Å². The number of amides is 1. The van der Waals surface area contributed by atoms with E-state index in [-0.39, 0.29) is 11.6 Å². The van der Waals surface area contributed by atoms with Crippen molar-refractivity contribution in [2.45, 2.75) is 6.54 Å². The Hall–Kier alpha value is -1.72. The number of benzene rings is 2. The molecule has 106 valence electrons. The highest BCUT2D eigenvalue weighted by Gasteiger charge is 2.36. The first-order valence-corrected chi connectivity index (χ1v) is 7.25. The van der Waals surface area contributed by atoms with Crippen LogP contribution in [0.3, 0.4) is 0 Å². The van der Waals surface area contributed by atoms with Gasteiger partial charge < -0.3 is 4.90 Å². The number of nitrogens with zero attached hydrogens (tertiary/aromatic N) is 1. The fraction of sp³-hybridized carbons (Fsp3) is 0.0667. The molecule has 0 aliphatic carbocycles. The highest BCUT2D eigenvalue weighted by molar-refractivity contribution is 9.10. The van der Waals surface area contributed by atoms with E-state index in [0.29, 0.717) is 16.8 Å². The average molecular weight is 369 g/mol. The lowest BCUT2D eigenvalue weighted by Gasteiger charge is -2.17. The summed E-state index contributed by atoms with van der Waals surface area (Å²) in [6, 6.07) is 9.36. The molecule has 0 bridgehead atoms. The molecular formula is C15H8BrClFNO2. The van der Waals surface area contributed by atoms with Crippen LogP contribution in [0.5, 0.6) is 0 Å². The van der Waals surface area contributed by atoms with Crippen molar-refractivity contribution in [2.24, 2.45) is 0 Å². The first-order valence-electron chi connectivity index (χ1n) is 6.07. The molecular weight excluding hydrogens is 361 g/mol. The van der Waals surface area contributed by atoms with Gasteiger partial charge in [0, 0.05) is 4.47 Å². The van der Waals surface area contributed by atoms with Crippen LogP contribution in [0.25, 0.3) is 0 Å². The topological polar surface area (TPSA) is 37.4 Å². The van der Waals surface area contributed by atoms with Crippen LogP contribution in [0.2, 0.25) is 5.02 Å². The molecule has 2 aromatic rings. The van der Waals surface area contributed by atoms with Gasteiger partial charge in [-0.25, -0.2) is 4.39 Å². The van der Waals surface area contributed by atoms with Crippen molar-refractivity contribution >= 4 is 44.9 Å². The van der Waals surface area contributed by atoms with Crippen molar-refractivity contribution < 1.29 is 14.0 Å². The lowest BCUT2D eigenvalue weighted by Crippen LogP contribution is -2.29. The van der Waals surface area contributed by atoms with Crippen molar-refractivity contribution in [3.05, 3.63) is 62.8 Å². The van der Waals surface area contributed by atoms with Gasteiger partial charge in [0.2, 0.25) is 0 Å². The van der Waals surface area contributed by atoms with Gasteiger partial charge in [0.25, 0.3) is 11.7 Å². The normalized spacial score (nSPS) is 13.8. The van der Waals surface area contributed by atoms with Crippen LogP contribution in [0.4, 0.5) is 10.1 Å². The van der Waals surface area contributed by atoms with Gasteiger partial charge in [0.1, 0.15) is 5.82 Å². The molecule has 1 heterocycles. The quantitative estimate of drug-likeness (QED) is 0.752. The number of hydrogen-bond donors (Lipinski definition) is 0. The summed E-state index contributed by atoms with van der Waals surface area (Å²) in [4.78, 5) is 25.4. The van der Waals surface area contributed by atoms with E-state index >= 15 is 0 Å². The highest BCUT2D eigenvalue weighted by Crippen LogP contribution is 2.34. The molecule has 0 saturated carbocycles. The summed E-state index contributed by atoms with van der Waals surface area (Å²) in [6.07, 6.45) is 0. The van der Waals surface area contributed by atoms with Gasteiger partial charge in [-0.15, -0.1) is 0 Å². The molecule has 0 aromatic heterocycles. The largest absolute Gasteiger partial charge is 0.300 e. The lowest BCUT2D eigenvalue weighted by atomic mass is 10.1. The Kier molecular flexibility index (Phi) is 3.55. The van der Waals surface area contributed by atoms with Crippen LogP contribution in [0.1, 0.15) is 15.9 Å². The second-order valence-corrected chi connectivity index (χ2v) is 5.89. The number of halogens is 3. The molecule has 0 spiro atoms. The molecule has 21 heavy (non-hydrogen) atoms. The Morgan fingerprint density at radius 2 is 1.95 bits per heavy atom. The van der Waals surface area contributed by atoms with E-state index in [9.17, 15) is 14.0 Å². The Bertz CT molecular complexity index is 778. The number of anilines is 1. The third-order valence-electron chi connectivity index (χ3n) is 3.29. The van der Waals surface area contributed by atoms with Crippen molar-refractivity contribution in [3.8, 4) is 0 Å². The van der Waals surface area contributed by atoms with Crippen molar-refractivity contribution in [1.82, 2.24) is 0 Å². The smallest absolute Gasteiger partial charge is 0.299 e. The number of carbonyl (C=O) groups is 2. The molecule has 1 aliphatic rings. The zero-order valence-electron chi connectivity index (χ0n) is 10.6. The van der Waals surface area contributed by atoms with Crippen LogP contribution in [-0.2, 0) is 11.3 Å². The Morgan fingerprint density at radius 1 is 1.19 bits per heavy atom. The zero-order chi connectivity index (χ0) is 15.1. The van der Waals surface area contributed by atoms with Gasteiger partial charge in [0.15, 0.2) is 0 Å². The van der Waals surface area contributed by atoms with E-state index in [1.165, 1.54) is 17.0 Å². The predicted octanol–water partition coefficient (Wildman–Crippen LogP) is 3.97. The maximum atomic E-state index is 13.5. The monoisotopic (exact) mass is 367 g/mol. The number of rotatable bonds is 2. The molecule has 6 heteroatoms. The second-order valence-electron chi connectivity index (χ2n) is 4.59. The standard InChI is InChI=1S/C15H8BrClFNO2/c16-9-4-5-10-12(6-9)19(15(21)14(10)20)7-8-2-1-3-11(18)13(8)17/h1-6H,7H2. The SMILES string of the molecule is O=C1C(=O)N(Cc2cccc(F)c2Cl)c2cc(Br)ccc21. The van der Waals surface area contributed by atoms with Crippen LogP contribution >= 0.6 is 27.5 Å². The Morgan fingerprint density at radius 3 is 2.71 bits per heavy atom. The van der Waals surface area contributed by atoms with Gasteiger partial charge in [-0.2, -0.15) is 0 Å². The zero-order valence-corrected chi connectivity index (χ0v) is 12.9. The molecule has 0 N–H and O–H groups in total. The number of ketones is 1. The number of Topliss-reactive ketones (excluding diaryl/α,β-unsaturated/α-hetero) is 1. The minimum absolute atomic E-state index is 0.0406. The maximum Gasteiger partial charge on any atom is 0.299 e. The van der Waals surface area contributed by atoms with E-state index < -0.39 is 17.5 Å². The molecule has 0 unspecified atom stereocenters. The summed E-state index contributed by atoms with van der Waals surface area (Å²) in [5, 5.41) is -0.0406. The van der Waals surface area contributed by atoms with E-state index in [4.69, 9.17) is 11.6 Å². The molecule has 1 aliphatic heterocycles. The third kappa shape index (κ3) is 2.36. The van der Waals surface area contributed by atoms with Crippen molar-refractivity contribution in [1.29, 1.82) is 0 Å². The molecule has 3 nitrogen and oxygen atoms in total. The van der Waals surface area contributed by atoms with E-state index in [0.717, 1.165) is 4.47 Å². The molecule has 1 amide bonds. The first kappa shape index (κ1) is 14.2. The van der Waals surface area contributed by atoms with Gasteiger partial charge >= 0.3 is 0 Å². The summed E-state index contributed by atoms with van der Waals surface area (Å²) in [6.45, 7) is 0.0462. The van der Waals surface area contributed by atoms with Crippen LogP contribution in [-0.4, -0.2) is 11.7 Å². The van der Waals surface area contributed by atoms with Crippen LogP contribution < -0.4 is 4.90 Å². The third-order valence-corrected chi connectivity index (χ3v) is 4.21. The summed E-state index contributed by atoms with van der Waals surface area (Å²) >= 11 is 9.22. The molecule has 2 aromatic carbocycles. The number of fused-ring (bicyclic) bond motifs is 1. The van der Waals surface area contributed by atoms with E-state index in [1.807, 2.05) is 0 Å². The summed E-state index contributed by atoms with van der Waals surface area (Å²) in [5.41, 5.74) is 1.29. The lowest BCUT2D eigenvalue weighted by molar-refractivity contribution is -0.114. The average Bonchev–Trinajstić information content (AvgIpc) is 2.68. The molecule has 0 fully saturated rings. The van der Waals surface area contributed by atoms with Gasteiger partial charge in [0.05, 0.1) is 22.8 Å². The Labute approximate surface area is 133 Å². The van der Waals surface area contributed by atoms with Crippen LogP contribution in [0, 0.1) is 5.82 Å². The molecule has 0 radical (unpaired) electrons. The minimum atomic E-state index is -0.636. The summed E-state index contributed by atoms with van der Waals surface area (Å²) in [5.74, 6) is -1.75. The van der Waals surface area contributed by atoms with E-state index in [2.05, 4.69) is 15.9 Å². The van der Waals surface area contributed by atoms with Gasteiger partial charge in [-0.3, -0.25) is 9.59 Å². The molecule has 0 saturated heterocycles. The number of carbonyl (C=O) groups excluding carboxylic acids is 2. The molecule has 0 atom stereocenters. The summed E-state index contributed by atoms with van der Waals surface area (Å²) in [7, 11) is 0. The molecule has 3 rings (SSSR count). The highest BCUT2D eigenvalue weighted by atomic mass is 79.9. The maximum absolute atomic E-state index is 13.5. The second kappa shape index (κ2) is 5.24. The van der Waals surface area contributed by atoms with Crippen molar-refractivity contribution in [3.63, 3.8) is 0 Å². The Balaban J connectivity index is 2.04. The van der Waals surface area contributed by atoms with Crippen LogP contribution in [0.15, 0.2) is 40.9 Å². The summed E-state index contributed by atoms with van der Waals surface area (Å²) < 4.78 is 14.2. The fourth-order valence-electron chi connectivity index (χ4n) is 2.27. The fourth-order valence-corrected chi connectivity index (χ4v) is 2.80. The van der Waals surface area contributed by atoms with Crippen molar-refractivity contribution in [2.75, 3.05) is 4.90 Å². The van der Waals surface area contributed by atoms with Gasteiger partial charge in [-0.05, 0) is 29.8 Å². The predicted molar refractivity (Wildman–Crippen MR) is 81.1 cm³/mol.